The van der Waals surface area contributed by atoms with Crippen molar-refractivity contribution in [2.75, 3.05) is 40.4 Å². The van der Waals surface area contributed by atoms with Crippen molar-refractivity contribution in [1.29, 1.82) is 0 Å². The molecular formula is C26H34N2O4. The number of aryl methyl sites for hydroxylation is 2. The molecule has 2 aliphatic heterocycles. The Bertz CT molecular complexity index is 967. The van der Waals surface area contributed by atoms with E-state index < -0.39 is 0 Å². The molecule has 0 aliphatic carbocycles. The number of methoxy groups -OCH3 is 2. The van der Waals surface area contributed by atoms with Gasteiger partial charge in [0.15, 0.2) is 11.5 Å². The molecule has 6 heteroatoms. The van der Waals surface area contributed by atoms with Gasteiger partial charge in [-0.05, 0) is 79.6 Å². The second-order valence-electron chi connectivity index (χ2n) is 8.88. The number of nitrogens with zero attached hydrogens (tertiary/aromatic N) is 2. The first kappa shape index (κ1) is 22.5. The third-order valence-corrected chi connectivity index (χ3v) is 6.75. The Morgan fingerprint density at radius 3 is 2.28 bits per heavy atom. The molecule has 0 unspecified atom stereocenters. The van der Waals surface area contributed by atoms with Crippen LogP contribution in [0.4, 0.5) is 0 Å². The van der Waals surface area contributed by atoms with E-state index in [9.17, 15) is 4.79 Å². The van der Waals surface area contributed by atoms with Crippen LogP contribution in [0.25, 0.3) is 0 Å². The molecule has 0 aromatic heterocycles. The van der Waals surface area contributed by atoms with Crippen LogP contribution in [-0.4, -0.2) is 62.2 Å². The quantitative estimate of drug-likeness (QED) is 0.688. The van der Waals surface area contributed by atoms with Gasteiger partial charge in [0.2, 0.25) is 5.91 Å². The first-order valence-corrected chi connectivity index (χ1v) is 11.4. The van der Waals surface area contributed by atoms with Crippen LogP contribution in [0.2, 0.25) is 0 Å². The maximum atomic E-state index is 13.0. The summed E-state index contributed by atoms with van der Waals surface area (Å²) in [6.45, 7) is 7.84. The fourth-order valence-electron chi connectivity index (χ4n) is 4.55. The summed E-state index contributed by atoms with van der Waals surface area (Å²) < 4.78 is 17.0. The average Bonchev–Trinajstić information content (AvgIpc) is 2.81. The van der Waals surface area contributed by atoms with E-state index in [1.54, 1.807) is 14.2 Å². The first-order valence-electron chi connectivity index (χ1n) is 11.4. The highest BCUT2D eigenvalue weighted by atomic mass is 16.5. The zero-order chi connectivity index (χ0) is 22.7. The van der Waals surface area contributed by atoms with Crippen molar-refractivity contribution in [2.24, 2.45) is 0 Å². The fraction of sp³-hybridized carbons (Fsp3) is 0.500. The number of fused-ring (bicyclic) bond motifs is 1. The minimum Gasteiger partial charge on any atom is -0.493 e. The lowest BCUT2D eigenvalue weighted by Crippen LogP contribution is -2.46. The predicted octanol–water partition coefficient (Wildman–Crippen LogP) is 3.75. The summed E-state index contributed by atoms with van der Waals surface area (Å²) >= 11 is 0. The highest BCUT2D eigenvalue weighted by molar-refractivity contribution is 5.78. The van der Waals surface area contributed by atoms with Crippen molar-refractivity contribution in [1.82, 2.24) is 9.80 Å². The molecule has 2 aliphatic rings. The summed E-state index contributed by atoms with van der Waals surface area (Å²) in [6.07, 6.45) is 2.95. The number of hydrogen-bond acceptors (Lipinski definition) is 5. The summed E-state index contributed by atoms with van der Waals surface area (Å²) in [7, 11) is 3.29. The molecule has 1 saturated heterocycles. The summed E-state index contributed by atoms with van der Waals surface area (Å²) in [5.74, 6) is 2.60. The Kier molecular flexibility index (Phi) is 6.89. The van der Waals surface area contributed by atoms with Gasteiger partial charge < -0.3 is 19.1 Å². The number of benzene rings is 2. The lowest BCUT2D eigenvalue weighted by Gasteiger charge is -2.35. The highest BCUT2D eigenvalue weighted by Gasteiger charge is 2.27. The number of amides is 1. The van der Waals surface area contributed by atoms with Crippen molar-refractivity contribution in [3.63, 3.8) is 0 Å². The fourth-order valence-corrected chi connectivity index (χ4v) is 4.55. The number of rotatable bonds is 6. The van der Waals surface area contributed by atoms with Gasteiger partial charge in [-0.15, -0.1) is 0 Å². The first-order chi connectivity index (χ1) is 15.5. The van der Waals surface area contributed by atoms with E-state index in [2.05, 4.69) is 36.9 Å². The number of hydrogen-bond donors (Lipinski definition) is 0. The van der Waals surface area contributed by atoms with E-state index in [-0.39, 0.29) is 12.0 Å². The standard InChI is InChI=1S/C26H34N2O4/c1-18-5-6-23(13-19(18)2)32-22-8-10-27(11-9-22)17-26(29)28-12-7-20-14-24(30-3)25(31-4)15-21(20)16-28/h5-6,13-15,22H,7-12,16-17H2,1-4H3. The lowest BCUT2D eigenvalue weighted by atomic mass is 9.98. The van der Waals surface area contributed by atoms with Crippen LogP contribution in [-0.2, 0) is 17.8 Å². The van der Waals surface area contributed by atoms with Gasteiger partial charge in [0.05, 0.1) is 20.8 Å². The number of ether oxygens (including phenoxy) is 3. The summed E-state index contributed by atoms with van der Waals surface area (Å²) in [5.41, 5.74) is 4.91. The third-order valence-electron chi connectivity index (χ3n) is 6.75. The molecule has 0 radical (unpaired) electrons. The Labute approximate surface area is 191 Å². The van der Waals surface area contributed by atoms with E-state index in [1.165, 1.54) is 16.7 Å². The zero-order valence-electron chi connectivity index (χ0n) is 19.6. The monoisotopic (exact) mass is 438 g/mol. The van der Waals surface area contributed by atoms with Crippen LogP contribution >= 0.6 is 0 Å². The predicted molar refractivity (Wildman–Crippen MR) is 125 cm³/mol. The topological polar surface area (TPSA) is 51.2 Å². The maximum Gasteiger partial charge on any atom is 0.237 e. The van der Waals surface area contributed by atoms with Crippen LogP contribution in [0.1, 0.15) is 35.1 Å². The van der Waals surface area contributed by atoms with Gasteiger partial charge in [0.1, 0.15) is 11.9 Å². The minimum absolute atomic E-state index is 0.193. The Hall–Kier alpha value is -2.73. The van der Waals surface area contributed by atoms with Crippen molar-refractivity contribution in [3.05, 3.63) is 52.6 Å². The van der Waals surface area contributed by atoms with Gasteiger partial charge >= 0.3 is 0 Å². The molecule has 0 spiro atoms. The van der Waals surface area contributed by atoms with E-state index in [4.69, 9.17) is 14.2 Å². The number of piperidine rings is 1. The number of likely N-dealkylation sites (tertiary alicyclic amines) is 1. The second kappa shape index (κ2) is 9.82. The molecule has 172 valence electrons. The molecule has 6 nitrogen and oxygen atoms in total. The lowest BCUT2D eigenvalue weighted by molar-refractivity contribution is -0.133. The molecule has 0 saturated carbocycles. The van der Waals surface area contributed by atoms with Gasteiger partial charge in [-0.3, -0.25) is 9.69 Å². The molecule has 0 N–H and O–H groups in total. The smallest absolute Gasteiger partial charge is 0.237 e. The minimum atomic E-state index is 0.193. The zero-order valence-corrected chi connectivity index (χ0v) is 19.6. The summed E-state index contributed by atoms with van der Waals surface area (Å²) in [5, 5.41) is 0. The largest absolute Gasteiger partial charge is 0.493 e. The third kappa shape index (κ3) is 5.01. The van der Waals surface area contributed by atoms with E-state index in [0.717, 1.165) is 56.0 Å². The van der Waals surface area contributed by atoms with Crippen molar-refractivity contribution in [3.8, 4) is 17.2 Å². The molecule has 1 amide bonds. The molecular weight excluding hydrogens is 404 g/mol. The Morgan fingerprint density at radius 2 is 1.62 bits per heavy atom. The van der Waals surface area contributed by atoms with Gasteiger partial charge in [0, 0.05) is 26.2 Å². The molecule has 32 heavy (non-hydrogen) atoms. The van der Waals surface area contributed by atoms with E-state index in [0.29, 0.717) is 18.8 Å². The Balaban J connectivity index is 1.28. The molecule has 2 aromatic rings. The van der Waals surface area contributed by atoms with Crippen LogP contribution in [0.15, 0.2) is 30.3 Å². The van der Waals surface area contributed by atoms with Crippen LogP contribution in [0, 0.1) is 13.8 Å². The molecule has 2 aromatic carbocycles. The SMILES string of the molecule is COc1cc2c(cc1OC)CN(C(=O)CN1CCC(Oc3ccc(C)c(C)c3)CC1)CC2. The van der Waals surface area contributed by atoms with E-state index in [1.807, 2.05) is 17.0 Å². The Morgan fingerprint density at radius 1 is 0.938 bits per heavy atom. The molecule has 0 atom stereocenters. The van der Waals surface area contributed by atoms with Gasteiger partial charge in [0.25, 0.3) is 0 Å². The summed E-state index contributed by atoms with van der Waals surface area (Å²) in [6, 6.07) is 10.3. The highest BCUT2D eigenvalue weighted by Crippen LogP contribution is 2.33. The van der Waals surface area contributed by atoms with Crippen LogP contribution in [0.3, 0.4) is 0 Å². The molecule has 0 bridgehead atoms. The van der Waals surface area contributed by atoms with Gasteiger partial charge in [-0.1, -0.05) is 6.07 Å². The van der Waals surface area contributed by atoms with Crippen molar-refractivity contribution in [2.45, 2.75) is 45.8 Å². The molecule has 2 heterocycles. The van der Waals surface area contributed by atoms with E-state index >= 15 is 0 Å². The van der Waals surface area contributed by atoms with Gasteiger partial charge in [-0.2, -0.15) is 0 Å². The number of carbonyl (C=O) groups is 1. The maximum absolute atomic E-state index is 13.0. The average molecular weight is 439 g/mol. The van der Waals surface area contributed by atoms with Crippen LogP contribution < -0.4 is 14.2 Å². The second-order valence-corrected chi connectivity index (χ2v) is 8.88. The van der Waals surface area contributed by atoms with Crippen LogP contribution in [0.5, 0.6) is 17.2 Å². The summed E-state index contributed by atoms with van der Waals surface area (Å²) in [4.78, 5) is 17.2. The van der Waals surface area contributed by atoms with Crippen molar-refractivity contribution >= 4 is 5.91 Å². The molecule has 4 rings (SSSR count). The van der Waals surface area contributed by atoms with Gasteiger partial charge in [-0.25, -0.2) is 0 Å². The number of carbonyl (C=O) groups excluding carboxylic acids is 1. The molecule has 1 fully saturated rings. The van der Waals surface area contributed by atoms with Crippen molar-refractivity contribution < 1.29 is 19.0 Å². The normalized spacial score (nSPS) is 17.1.